The van der Waals surface area contributed by atoms with Gasteiger partial charge in [-0.25, -0.2) is 0 Å². The van der Waals surface area contributed by atoms with Gasteiger partial charge in [-0.15, -0.1) is 0 Å². The van der Waals surface area contributed by atoms with Crippen molar-refractivity contribution >= 4 is 22.7 Å². The number of carbonyl (C=O) groups excluding carboxylic acids is 2. The Morgan fingerprint density at radius 2 is 1.77 bits per heavy atom. The Morgan fingerprint density at radius 1 is 1.08 bits per heavy atom. The predicted octanol–water partition coefficient (Wildman–Crippen LogP) is 3.84. The van der Waals surface area contributed by atoms with Crippen LogP contribution in [-0.4, -0.2) is 30.0 Å². The van der Waals surface area contributed by atoms with Crippen LogP contribution in [0.5, 0.6) is 5.75 Å². The van der Waals surface area contributed by atoms with Gasteiger partial charge in [0, 0.05) is 22.2 Å². The van der Waals surface area contributed by atoms with E-state index in [0.29, 0.717) is 5.56 Å². The minimum atomic E-state index is -0.848. The maximum Gasteiger partial charge on any atom is 0.310 e. The fraction of sp³-hybridized carbons (Fsp3) is 0.238. The normalized spacial score (nSPS) is 12.0. The maximum atomic E-state index is 12.8. The lowest BCUT2D eigenvalue weighted by Crippen LogP contribution is -2.25. The number of aryl methyl sites for hydroxylation is 1. The molecule has 1 atom stereocenters. The Hall–Kier alpha value is -3.08. The number of hydrogen-bond acceptors (Lipinski definition) is 4. The molecule has 134 valence electrons. The lowest BCUT2D eigenvalue weighted by atomic mass is 10.0. The summed E-state index contributed by atoms with van der Waals surface area (Å²) in [6.45, 7) is 3.45. The van der Waals surface area contributed by atoms with E-state index >= 15 is 0 Å². The summed E-state index contributed by atoms with van der Waals surface area (Å²) in [6.07, 6.45) is -0.743. The molecule has 0 fully saturated rings. The first kappa shape index (κ1) is 17.7. The smallest absolute Gasteiger partial charge is 0.310 e. The first-order valence-corrected chi connectivity index (χ1v) is 8.43. The molecular weight excluding hydrogens is 330 g/mol. The van der Waals surface area contributed by atoms with Crippen LogP contribution in [0.25, 0.3) is 10.9 Å². The van der Waals surface area contributed by atoms with Crippen molar-refractivity contribution in [3.63, 3.8) is 0 Å². The van der Waals surface area contributed by atoms with Gasteiger partial charge in [0.05, 0.1) is 13.5 Å². The minimum absolute atomic E-state index is 0.106. The van der Waals surface area contributed by atoms with Gasteiger partial charge in [0.15, 0.2) is 6.10 Å². The van der Waals surface area contributed by atoms with Crippen molar-refractivity contribution in [2.45, 2.75) is 26.4 Å². The molecular formula is C21H21NO4. The highest BCUT2D eigenvalue weighted by Gasteiger charge is 2.24. The van der Waals surface area contributed by atoms with E-state index in [2.05, 4.69) is 4.98 Å². The molecule has 0 spiro atoms. The molecule has 0 unspecified atom stereocenters. The third-order valence-electron chi connectivity index (χ3n) is 4.32. The zero-order valence-electron chi connectivity index (χ0n) is 15.0. The average molecular weight is 351 g/mol. The number of hydrogen-bond donors (Lipinski definition) is 1. The molecule has 3 rings (SSSR count). The maximum absolute atomic E-state index is 12.8. The highest BCUT2D eigenvalue weighted by Crippen LogP contribution is 2.24. The van der Waals surface area contributed by atoms with Gasteiger partial charge in [0.25, 0.3) is 0 Å². The monoisotopic (exact) mass is 351 g/mol. The van der Waals surface area contributed by atoms with Crippen molar-refractivity contribution in [1.29, 1.82) is 0 Å². The van der Waals surface area contributed by atoms with E-state index in [-0.39, 0.29) is 12.2 Å². The van der Waals surface area contributed by atoms with Crippen LogP contribution in [-0.2, 0) is 16.0 Å². The number of nitrogens with one attached hydrogen (secondary N) is 1. The number of H-pyrrole nitrogens is 1. The molecule has 5 heteroatoms. The first-order chi connectivity index (χ1) is 12.5. The van der Waals surface area contributed by atoms with Crippen molar-refractivity contribution in [3.05, 3.63) is 65.4 Å². The molecule has 0 radical (unpaired) electrons. The summed E-state index contributed by atoms with van der Waals surface area (Å²) in [6, 6.07) is 14.8. The molecule has 1 heterocycles. The van der Waals surface area contributed by atoms with E-state index in [4.69, 9.17) is 9.47 Å². The Kier molecular flexibility index (Phi) is 5.07. The molecule has 0 aliphatic rings. The van der Waals surface area contributed by atoms with Crippen molar-refractivity contribution in [2.24, 2.45) is 0 Å². The van der Waals surface area contributed by atoms with Gasteiger partial charge in [0.2, 0.25) is 5.78 Å². The number of methoxy groups -OCH3 is 1. The van der Waals surface area contributed by atoms with Crippen LogP contribution >= 0.6 is 0 Å². The minimum Gasteiger partial charge on any atom is -0.497 e. The molecule has 5 nitrogen and oxygen atoms in total. The summed E-state index contributed by atoms with van der Waals surface area (Å²) in [5.41, 5.74) is 3.04. The third-order valence-corrected chi connectivity index (χ3v) is 4.32. The number of para-hydroxylation sites is 1. The number of ether oxygens (including phenoxy) is 2. The van der Waals surface area contributed by atoms with Crippen LogP contribution in [0.1, 0.15) is 28.5 Å². The molecule has 0 aliphatic heterocycles. The molecule has 0 amide bonds. The topological polar surface area (TPSA) is 68.4 Å². The van der Waals surface area contributed by atoms with Crippen LogP contribution in [0.4, 0.5) is 0 Å². The van der Waals surface area contributed by atoms with Crippen LogP contribution in [0, 0.1) is 6.92 Å². The average Bonchev–Trinajstić information content (AvgIpc) is 2.97. The molecule has 0 aliphatic carbocycles. The quantitative estimate of drug-likeness (QED) is 0.541. The van der Waals surface area contributed by atoms with Crippen LogP contribution in [0.15, 0.2) is 48.5 Å². The van der Waals surface area contributed by atoms with E-state index in [0.717, 1.165) is 27.9 Å². The second-order valence-corrected chi connectivity index (χ2v) is 6.19. The zero-order chi connectivity index (χ0) is 18.7. The van der Waals surface area contributed by atoms with Crippen molar-refractivity contribution in [3.8, 4) is 5.75 Å². The summed E-state index contributed by atoms with van der Waals surface area (Å²) in [5, 5.41) is 0.841. The largest absolute Gasteiger partial charge is 0.497 e. The number of esters is 1. The van der Waals surface area contributed by atoms with Crippen LogP contribution in [0.2, 0.25) is 0 Å². The molecule has 1 N–H and O–H groups in total. The Labute approximate surface area is 151 Å². The molecule has 0 saturated heterocycles. The standard InChI is InChI=1S/C21H21NO4/c1-13-20(17-6-4-5-7-18(17)22-13)21(24)14(2)26-19(23)12-15-8-10-16(25-3)11-9-15/h4-11,14,22H,12H2,1-3H3/t14-/m1/s1. The highest BCUT2D eigenvalue weighted by molar-refractivity contribution is 6.11. The summed E-state index contributed by atoms with van der Waals surface area (Å²) >= 11 is 0. The molecule has 0 bridgehead atoms. The molecule has 1 aromatic heterocycles. The number of Topliss-reactive ketones (excluding diaryl/α,β-unsaturated/α-hetero) is 1. The van der Waals surface area contributed by atoms with Crippen LogP contribution < -0.4 is 4.74 Å². The zero-order valence-corrected chi connectivity index (χ0v) is 15.0. The van der Waals surface area contributed by atoms with Crippen LogP contribution in [0.3, 0.4) is 0 Å². The molecule has 26 heavy (non-hydrogen) atoms. The fourth-order valence-electron chi connectivity index (χ4n) is 3.00. The van der Waals surface area contributed by atoms with E-state index < -0.39 is 12.1 Å². The van der Waals surface area contributed by atoms with Gasteiger partial charge >= 0.3 is 5.97 Å². The number of aromatic nitrogens is 1. The van der Waals surface area contributed by atoms with Crippen molar-refractivity contribution < 1.29 is 19.1 Å². The fourth-order valence-corrected chi connectivity index (χ4v) is 3.00. The highest BCUT2D eigenvalue weighted by atomic mass is 16.5. The number of rotatable bonds is 6. The summed E-state index contributed by atoms with van der Waals surface area (Å²) in [7, 11) is 1.59. The number of ketones is 1. The summed E-state index contributed by atoms with van der Waals surface area (Å²) in [4.78, 5) is 28.2. The van der Waals surface area contributed by atoms with Crippen molar-refractivity contribution in [2.75, 3.05) is 7.11 Å². The van der Waals surface area contributed by atoms with E-state index in [1.165, 1.54) is 0 Å². The second-order valence-electron chi connectivity index (χ2n) is 6.19. The van der Waals surface area contributed by atoms with Gasteiger partial charge in [-0.1, -0.05) is 30.3 Å². The summed E-state index contributed by atoms with van der Waals surface area (Å²) in [5.74, 6) is 0.0806. The Balaban J connectivity index is 1.70. The third kappa shape index (κ3) is 3.61. The Bertz CT molecular complexity index is 940. The second kappa shape index (κ2) is 7.44. The first-order valence-electron chi connectivity index (χ1n) is 8.43. The van der Waals surface area contributed by atoms with E-state index in [1.807, 2.05) is 31.2 Å². The number of benzene rings is 2. The predicted molar refractivity (Wildman–Crippen MR) is 99.6 cm³/mol. The molecule has 2 aromatic carbocycles. The van der Waals surface area contributed by atoms with Gasteiger partial charge in [-0.2, -0.15) is 0 Å². The lowest BCUT2D eigenvalue weighted by molar-refractivity contribution is -0.145. The van der Waals surface area contributed by atoms with E-state index in [9.17, 15) is 9.59 Å². The van der Waals surface area contributed by atoms with Gasteiger partial charge in [0.1, 0.15) is 5.75 Å². The summed E-state index contributed by atoms with van der Waals surface area (Å²) < 4.78 is 10.5. The van der Waals surface area contributed by atoms with Gasteiger partial charge < -0.3 is 14.5 Å². The van der Waals surface area contributed by atoms with E-state index in [1.54, 1.807) is 38.3 Å². The van der Waals surface area contributed by atoms with Gasteiger partial charge in [-0.3, -0.25) is 9.59 Å². The molecule has 0 saturated carbocycles. The lowest BCUT2D eigenvalue weighted by Gasteiger charge is -2.13. The number of carbonyl (C=O) groups is 2. The number of aromatic amines is 1. The SMILES string of the molecule is COc1ccc(CC(=O)O[C@H](C)C(=O)c2c(C)[nH]c3ccccc23)cc1. The Morgan fingerprint density at radius 3 is 2.46 bits per heavy atom. The number of fused-ring (bicyclic) bond motifs is 1. The van der Waals surface area contributed by atoms with Gasteiger partial charge in [-0.05, 0) is 37.6 Å². The molecule has 3 aromatic rings. The van der Waals surface area contributed by atoms with Crippen molar-refractivity contribution in [1.82, 2.24) is 4.98 Å².